The van der Waals surface area contributed by atoms with Gasteiger partial charge in [0.25, 0.3) is 0 Å². The summed E-state index contributed by atoms with van der Waals surface area (Å²) in [5, 5.41) is 0. The molecule has 0 nitrogen and oxygen atoms in total. The number of benzene rings is 2. The average Bonchev–Trinajstić information content (AvgIpc) is 3.36. The Hall–Kier alpha value is -2.08. The summed E-state index contributed by atoms with van der Waals surface area (Å²) >= 11 is 0. The largest absolute Gasteiger partial charge is 0.0767 e. The van der Waals surface area contributed by atoms with Gasteiger partial charge in [0.1, 0.15) is 0 Å². The number of hydrogen-bond donors (Lipinski definition) is 0. The summed E-state index contributed by atoms with van der Waals surface area (Å²) in [6, 6.07) is 16.1. The van der Waals surface area contributed by atoms with Gasteiger partial charge in [0.2, 0.25) is 0 Å². The molecule has 0 heteroatoms. The van der Waals surface area contributed by atoms with Crippen LogP contribution in [0.1, 0.15) is 55.7 Å². The van der Waals surface area contributed by atoms with E-state index in [4.69, 9.17) is 0 Å². The quantitative estimate of drug-likeness (QED) is 0.490. The fourth-order valence-electron chi connectivity index (χ4n) is 5.87. The van der Waals surface area contributed by atoms with Crippen LogP contribution >= 0.6 is 0 Å². The molecule has 0 radical (unpaired) electrons. The third-order valence-corrected chi connectivity index (χ3v) is 7.32. The van der Waals surface area contributed by atoms with Crippen molar-refractivity contribution < 1.29 is 0 Å². The smallest absolute Gasteiger partial charge is 0.00535 e. The molecule has 1 unspecified atom stereocenters. The van der Waals surface area contributed by atoms with E-state index in [2.05, 4.69) is 73.7 Å². The lowest BCUT2D eigenvalue weighted by molar-refractivity contribution is 0.190. The summed E-state index contributed by atoms with van der Waals surface area (Å²) in [5.74, 6) is 1.31. The van der Waals surface area contributed by atoms with Crippen LogP contribution in [0, 0.1) is 11.8 Å². The first-order chi connectivity index (χ1) is 12.8. The molecule has 2 aromatic rings. The first kappa shape index (κ1) is 16.1. The Morgan fingerprint density at radius 3 is 2.35 bits per heavy atom. The van der Waals surface area contributed by atoms with Crippen molar-refractivity contribution in [1.82, 2.24) is 0 Å². The van der Waals surface area contributed by atoms with Gasteiger partial charge in [0, 0.05) is 11.3 Å². The van der Waals surface area contributed by atoms with E-state index in [1.54, 1.807) is 11.1 Å². The second kappa shape index (κ2) is 6.27. The highest BCUT2D eigenvalue weighted by molar-refractivity contribution is 5.78. The summed E-state index contributed by atoms with van der Waals surface area (Å²) in [6.45, 7) is 2.56. The van der Waals surface area contributed by atoms with Gasteiger partial charge in [0.05, 0.1) is 0 Å². The van der Waals surface area contributed by atoms with Gasteiger partial charge < -0.3 is 0 Å². The van der Waals surface area contributed by atoms with E-state index in [1.165, 1.54) is 48.8 Å². The molecule has 26 heavy (non-hydrogen) atoms. The van der Waals surface area contributed by atoms with Crippen LogP contribution in [-0.4, -0.2) is 0 Å². The third-order valence-electron chi connectivity index (χ3n) is 7.32. The minimum atomic E-state index is 0.206. The lowest BCUT2D eigenvalue weighted by Crippen LogP contribution is -2.40. The normalized spacial score (nSPS) is 21.6. The molecular weight excluding hydrogens is 312 g/mol. The van der Waals surface area contributed by atoms with Crippen molar-refractivity contribution in [3.05, 3.63) is 83.5 Å². The SMILES string of the molecule is CC(c1cccc2c1Cc1ccccc1-2)(C1C=CC=C1)C1CCCCC1. The summed E-state index contributed by atoms with van der Waals surface area (Å²) in [7, 11) is 0. The predicted octanol–water partition coefficient (Wildman–Crippen LogP) is 6.84. The highest BCUT2D eigenvalue weighted by atomic mass is 14.5. The van der Waals surface area contributed by atoms with E-state index in [-0.39, 0.29) is 5.41 Å². The van der Waals surface area contributed by atoms with Crippen molar-refractivity contribution in [2.24, 2.45) is 11.8 Å². The summed E-state index contributed by atoms with van der Waals surface area (Å²) in [6.07, 6.45) is 17.5. The summed E-state index contributed by atoms with van der Waals surface area (Å²) in [5.41, 5.74) is 7.84. The minimum Gasteiger partial charge on any atom is -0.0767 e. The zero-order chi connectivity index (χ0) is 17.6. The molecule has 3 aliphatic carbocycles. The van der Waals surface area contributed by atoms with Gasteiger partial charge in [-0.05, 0) is 53.0 Å². The van der Waals surface area contributed by atoms with Crippen LogP contribution < -0.4 is 0 Å². The van der Waals surface area contributed by atoms with E-state index >= 15 is 0 Å². The monoisotopic (exact) mass is 340 g/mol. The zero-order valence-corrected chi connectivity index (χ0v) is 15.7. The standard InChI is InChI=1S/C26H28/c1-26(21-13-6-7-14-21,20-11-3-2-4-12-20)25-17-9-16-23-22-15-8-5-10-19(22)18-24(23)25/h5-10,13-17,20-21H,2-4,11-12,18H2,1H3. The van der Waals surface area contributed by atoms with Gasteiger partial charge in [0.15, 0.2) is 0 Å². The van der Waals surface area contributed by atoms with Gasteiger partial charge in [-0.2, -0.15) is 0 Å². The number of rotatable bonds is 3. The van der Waals surface area contributed by atoms with Crippen LogP contribution in [0.4, 0.5) is 0 Å². The zero-order valence-electron chi connectivity index (χ0n) is 15.7. The molecule has 0 aliphatic heterocycles. The average molecular weight is 341 g/mol. The topological polar surface area (TPSA) is 0 Å². The molecule has 1 fully saturated rings. The highest BCUT2D eigenvalue weighted by Crippen LogP contribution is 2.51. The number of hydrogen-bond acceptors (Lipinski definition) is 0. The molecule has 132 valence electrons. The lowest BCUT2D eigenvalue weighted by Gasteiger charge is -2.45. The number of allylic oxidation sites excluding steroid dienone is 4. The molecule has 0 heterocycles. The van der Waals surface area contributed by atoms with Gasteiger partial charge in [-0.15, -0.1) is 0 Å². The summed E-state index contributed by atoms with van der Waals surface area (Å²) < 4.78 is 0. The Bertz CT molecular complexity index is 867. The molecule has 0 N–H and O–H groups in total. The molecule has 0 saturated heterocycles. The van der Waals surface area contributed by atoms with Crippen LogP contribution in [0.15, 0.2) is 66.8 Å². The van der Waals surface area contributed by atoms with Crippen molar-refractivity contribution >= 4 is 0 Å². The summed E-state index contributed by atoms with van der Waals surface area (Å²) in [4.78, 5) is 0. The van der Waals surface area contributed by atoms with Gasteiger partial charge in [-0.3, -0.25) is 0 Å². The maximum atomic E-state index is 2.56. The van der Waals surface area contributed by atoms with E-state index in [1.807, 2.05) is 0 Å². The molecule has 1 atom stereocenters. The van der Waals surface area contributed by atoms with Crippen molar-refractivity contribution in [2.75, 3.05) is 0 Å². The maximum absolute atomic E-state index is 2.56. The Balaban J connectivity index is 1.67. The molecule has 1 saturated carbocycles. The highest BCUT2D eigenvalue weighted by Gasteiger charge is 2.43. The van der Waals surface area contributed by atoms with Crippen molar-refractivity contribution in [1.29, 1.82) is 0 Å². The first-order valence-electron chi connectivity index (χ1n) is 10.3. The fourth-order valence-corrected chi connectivity index (χ4v) is 5.87. The van der Waals surface area contributed by atoms with Crippen molar-refractivity contribution in [2.45, 2.75) is 50.9 Å². The molecule has 2 aromatic carbocycles. The van der Waals surface area contributed by atoms with E-state index in [0.29, 0.717) is 5.92 Å². The minimum absolute atomic E-state index is 0.206. The molecule has 0 spiro atoms. The van der Waals surface area contributed by atoms with Gasteiger partial charge in [-0.1, -0.05) is 93.0 Å². The predicted molar refractivity (Wildman–Crippen MR) is 110 cm³/mol. The first-order valence-corrected chi connectivity index (χ1v) is 10.3. The number of fused-ring (bicyclic) bond motifs is 3. The Morgan fingerprint density at radius 1 is 0.808 bits per heavy atom. The van der Waals surface area contributed by atoms with Crippen LogP contribution in [0.3, 0.4) is 0 Å². The fraction of sp³-hybridized carbons (Fsp3) is 0.385. The van der Waals surface area contributed by atoms with E-state index in [0.717, 1.165) is 12.3 Å². The Labute approximate surface area is 157 Å². The third kappa shape index (κ3) is 2.35. The van der Waals surface area contributed by atoms with Crippen LogP contribution in [0.5, 0.6) is 0 Å². The van der Waals surface area contributed by atoms with E-state index in [9.17, 15) is 0 Å². The molecule has 0 bridgehead atoms. The van der Waals surface area contributed by atoms with Crippen molar-refractivity contribution in [3.63, 3.8) is 0 Å². The maximum Gasteiger partial charge on any atom is 0.00535 e. The molecular formula is C26H28. The van der Waals surface area contributed by atoms with Crippen LogP contribution in [0.25, 0.3) is 11.1 Å². The molecule has 0 amide bonds. The Kier molecular flexibility index (Phi) is 3.89. The van der Waals surface area contributed by atoms with Crippen molar-refractivity contribution in [3.8, 4) is 11.1 Å². The Morgan fingerprint density at radius 2 is 1.54 bits per heavy atom. The van der Waals surface area contributed by atoms with Gasteiger partial charge in [-0.25, -0.2) is 0 Å². The second-order valence-corrected chi connectivity index (χ2v) is 8.58. The van der Waals surface area contributed by atoms with Crippen LogP contribution in [-0.2, 0) is 11.8 Å². The molecule has 0 aromatic heterocycles. The van der Waals surface area contributed by atoms with Gasteiger partial charge >= 0.3 is 0 Å². The lowest BCUT2D eigenvalue weighted by atomic mass is 9.59. The molecule has 3 aliphatic rings. The van der Waals surface area contributed by atoms with Crippen LogP contribution in [0.2, 0.25) is 0 Å². The second-order valence-electron chi connectivity index (χ2n) is 8.58. The molecule has 5 rings (SSSR count). The van der Waals surface area contributed by atoms with E-state index < -0.39 is 0 Å².